The number of fused-ring (bicyclic) bond motifs is 1. The molecule has 0 radical (unpaired) electrons. The largest absolute Gasteiger partial charge is 0.437 e. The zero-order chi connectivity index (χ0) is 19.5. The molecule has 1 amide bonds. The average molecular weight is 393 g/mol. The molecule has 0 aliphatic heterocycles. The molecule has 0 bridgehead atoms. The summed E-state index contributed by atoms with van der Waals surface area (Å²) in [6, 6.07) is 13.8. The molecule has 0 spiro atoms. The van der Waals surface area contributed by atoms with Crippen molar-refractivity contribution in [2.24, 2.45) is 0 Å². The molecule has 0 unspecified atom stereocenters. The lowest BCUT2D eigenvalue weighted by Gasteiger charge is -1.99. The van der Waals surface area contributed by atoms with E-state index < -0.39 is 0 Å². The monoisotopic (exact) mass is 393 g/mol. The van der Waals surface area contributed by atoms with Gasteiger partial charge in [-0.15, -0.1) is 11.3 Å². The maximum atomic E-state index is 13.0. The highest BCUT2D eigenvalue weighted by atomic mass is 32.1. The first-order chi connectivity index (χ1) is 13.6. The van der Waals surface area contributed by atoms with E-state index in [1.807, 2.05) is 31.2 Å². The van der Waals surface area contributed by atoms with Crippen molar-refractivity contribution in [3.63, 3.8) is 0 Å². The molecule has 0 aliphatic rings. The summed E-state index contributed by atoms with van der Waals surface area (Å²) in [6.45, 7) is 1.89. The van der Waals surface area contributed by atoms with Gasteiger partial charge in [-0.05, 0) is 36.8 Å². The Morgan fingerprint density at radius 2 is 1.96 bits per heavy atom. The zero-order valence-electron chi connectivity index (χ0n) is 15.0. The van der Waals surface area contributed by atoms with Gasteiger partial charge in [-0.1, -0.05) is 24.3 Å². The number of carbonyl (C=O) groups excluding carboxylic acids is 1. The van der Waals surface area contributed by atoms with Gasteiger partial charge in [0.1, 0.15) is 11.3 Å². The van der Waals surface area contributed by atoms with E-state index in [9.17, 15) is 9.18 Å². The van der Waals surface area contributed by atoms with E-state index in [0.29, 0.717) is 23.0 Å². The molecular weight excluding hydrogens is 377 g/mol. The molecule has 2 aromatic carbocycles. The van der Waals surface area contributed by atoms with Crippen LogP contribution >= 0.6 is 11.3 Å². The summed E-state index contributed by atoms with van der Waals surface area (Å²) in [5.74, 6) is -0.212. The van der Waals surface area contributed by atoms with Gasteiger partial charge in [0, 0.05) is 23.5 Å². The second-order valence-corrected chi connectivity index (χ2v) is 7.26. The summed E-state index contributed by atoms with van der Waals surface area (Å²) in [5.41, 5.74) is 3.24. The van der Waals surface area contributed by atoms with Crippen molar-refractivity contribution in [3.8, 4) is 0 Å². The number of oxazole rings is 1. The number of amides is 1. The van der Waals surface area contributed by atoms with Crippen LogP contribution in [-0.4, -0.2) is 15.9 Å². The number of anilines is 1. The highest BCUT2D eigenvalue weighted by molar-refractivity contribution is 7.15. The zero-order valence-corrected chi connectivity index (χ0v) is 15.8. The Balaban J connectivity index is 1.42. The van der Waals surface area contributed by atoms with E-state index >= 15 is 0 Å². The Morgan fingerprint density at radius 3 is 2.75 bits per heavy atom. The topological polar surface area (TPSA) is 68.0 Å². The number of aryl methyl sites for hydroxylation is 1. The number of halogens is 1. The van der Waals surface area contributed by atoms with E-state index in [-0.39, 0.29) is 11.7 Å². The van der Waals surface area contributed by atoms with Gasteiger partial charge >= 0.3 is 0 Å². The van der Waals surface area contributed by atoms with Gasteiger partial charge in [0.05, 0.1) is 5.69 Å². The van der Waals surface area contributed by atoms with Gasteiger partial charge in [0.25, 0.3) is 0 Å². The number of aromatic nitrogens is 2. The summed E-state index contributed by atoms with van der Waals surface area (Å²) in [7, 11) is 0. The molecule has 2 aromatic heterocycles. The van der Waals surface area contributed by atoms with E-state index in [1.54, 1.807) is 12.1 Å². The first kappa shape index (κ1) is 18.1. The minimum absolute atomic E-state index is 0.261. The van der Waals surface area contributed by atoms with Crippen LogP contribution in [0.3, 0.4) is 0 Å². The molecule has 1 N–H and O–H groups in total. The average Bonchev–Trinajstić information content (AvgIpc) is 3.25. The van der Waals surface area contributed by atoms with Crippen LogP contribution < -0.4 is 5.32 Å². The Kier molecular flexibility index (Phi) is 4.99. The SMILES string of the molecule is Cc1nc(NC(=O)C=Cc2nc3ccccc3o2)sc1Cc1ccc(F)cc1. The minimum Gasteiger partial charge on any atom is -0.437 e. The Morgan fingerprint density at radius 1 is 1.18 bits per heavy atom. The van der Waals surface area contributed by atoms with Crippen molar-refractivity contribution in [2.45, 2.75) is 13.3 Å². The third kappa shape index (κ3) is 4.15. The molecular formula is C21H16FN3O2S. The number of thiazole rings is 1. The van der Waals surface area contributed by atoms with Crippen LogP contribution in [0.5, 0.6) is 0 Å². The van der Waals surface area contributed by atoms with Gasteiger partial charge in [-0.3, -0.25) is 10.1 Å². The van der Waals surface area contributed by atoms with Crippen molar-refractivity contribution in [1.29, 1.82) is 0 Å². The van der Waals surface area contributed by atoms with Crippen LogP contribution in [0.15, 0.2) is 59.0 Å². The van der Waals surface area contributed by atoms with Crippen LogP contribution in [0, 0.1) is 12.7 Å². The fourth-order valence-electron chi connectivity index (χ4n) is 2.69. The number of hydrogen-bond donors (Lipinski definition) is 1. The summed E-state index contributed by atoms with van der Waals surface area (Å²) in [6.07, 6.45) is 3.52. The molecule has 0 atom stereocenters. The van der Waals surface area contributed by atoms with E-state index in [1.165, 1.54) is 35.6 Å². The Labute approximate surface area is 164 Å². The molecule has 0 saturated heterocycles. The molecule has 28 heavy (non-hydrogen) atoms. The first-order valence-corrected chi connectivity index (χ1v) is 9.44. The highest BCUT2D eigenvalue weighted by Crippen LogP contribution is 2.25. The maximum Gasteiger partial charge on any atom is 0.250 e. The molecule has 7 heteroatoms. The Hall–Kier alpha value is -3.32. The predicted octanol–water partition coefficient (Wildman–Crippen LogP) is 4.97. The van der Waals surface area contributed by atoms with Crippen LogP contribution in [-0.2, 0) is 11.2 Å². The minimum atomic E-state index is -0.315. The molecule has 4 aromatic rings. The Bertz CT molecular complexity index is 1130. The summed E-state index contributed by atoms with van der Waals surface area (Å²) in [5, 5.41) is 3.27. The van der Waals surface area contributed by atoms with Crippen molar-refractivity contribution in [3.05, 3.63) is 82.4 Å². The van der Waals surface area contributed by atoms with Crippen molar-refractivity contribution < 1.29 is 13.6 Å². The standard InChI is InChI=1S/C21H16FN3O2S/c1-13-18(12-14-6-8-15(22)9-7-14)28-21(23-13)25-19(26)10-11-20-24-16-4-2-3-5-17(16)27-20/h2-11H,12H2,1H3,(H,23,25,26). The van der Waals surface area contributed by atoms with Crippen molar-refractivity contribution in [2.75, 3.05) is 5.32 Å². The van der Waals surface area contributed by atoms with Crippen molar-refractivity contribution in [1.82, 2.24) is 9.97 Å². The van der Waals surface area contributed by atoms with Gasteiger partial charge in [-0.2, -0.15) is 0 Å². The predicted molar refractivity (Wildman–Crippen MR) is 108 cm³/mol. The maximum absolute atomic E-state index is 13.0. The number of carbonyl (C=O) groups is 1. The number of nitrogens with zero attached hydrogens (tertiary/aromatic N) is 2. The van der Waals surface area contributed by atoms with Gasteiger partial charge < -0.3 is 4.42 Å². The molecule has 140 valence electrons. The van der Waals surface area contributed by atoms with E-state index in [2.05, 4.69) is 15.3 Å². The van der Waals surface area contributed by atoms with Crippen LogP contribution in [0.1, 0.15) is 22.0 Å². The summed E-state index contributed by atoms with van der Waals surface area (Å²) < 4.78 is 18.6. The first-order valence-electron chi connectivity index (χ1n) is 8.62. The molecule has 0 saturated carbocycles. The van der Waals surface area contributed by atoms with Crippen molar-refractivity contribution >= 4 is 39.6 Å². The number of para-hydroxylation sites is 2. The van der Waals surface area contributed by atoms with E-state index in [4.69, 9.17) is 4.42 Å². The molecule has 0 fully saturated rings. The quantitative estimate of drug-likeness (QED) is 0.486. The lowest BCUT2D eigenvalue weighted by molar-refractivity contribution is -0.111. The van der Waals surface area contributed by atoms with Gasteiger partial charge in [0.15, 0.2) is 10.7 Å². The van der Waals surface area contributed by atoms with Gasteiger partial charge in [-0.25, -0.2) is 14.4 Å². The third-order valence-corrected chi connectivity index (χ3v) is 5.16. The van der Waals surface area contributed by atoms with Crippen LogP contribution in [0.2, 0.25) is 0 Å². The molecule has 0 aliphatic carbocycles. The fraction of sp³-hybridized carbons (Fsp3) is 0.0952. The second-order valence-electron chi connectivity index (χ2n) is 6.17. The number of hydrogen-bond acceptors (Lipinski definition) is 5. The second kappa shape index (κ2) is 7.74. The summed E-state index contributed by atoms with van der Waals surface area (Å²) >= 11 is 1.40. The number of benzene rings is 2. The fourth-order valence-corrected chi connectivity index (χ4v) is 3.69. The lowest BCUT2D eigenvalue weighted by Crippen LogP contribution is -2.07. The third-order valence-electron chi connectivity index (χ3n) is 4.09. The highest BCUT2D eigenvalue weighted by Gasteiger charge is 2.10. The molecule has 4 rings (SSSR count). The number of nitrogens with one attached hydrogen (secondary N) is 1. The lowest BCUT2D eigenvalue weighted by atomic mass is 10.1. The van der Waals surface area contributed by atoms with Gasteiger partial charge in [0.2, 0.25) is 11.8 Å². The summed E-state index contributed by atoms with van der Waals surface area (Å²) in [4.78, 5) is 21.9. The molecule has 2 heterocycles. The van der Waals surface area contributed by atoms with Crippen LogP contribution in [0.4, 0.5) is 9.52 Å². The van der Waals surface area contributed by atoms with Crippen LogP contribution in [0.25, 0.3) is 17.2 Å². The molecule has 5 nitrogen and oxygen atoms in total. The smallest absolute Gasteiger partial charge is 0.250 e. The number of rotatable bonds is 5. The normalized spacial score (nSPS) is 11.4. The van der Waals surface area contributed by atoms with E-state index in [0.717, 1.165) is 21.7 Å².